The maximum absolute atomic E-state index is 12.4. The molecule has 0 aliphatic carbocycles. The molecule has 0 N–H and O–H groups in total. The molecule has 0 saturated carbocycles. The van der Waals surface area contributed by atoms with Gasteiger partial charge in [0.2, 0.25) is 0 Å². The zero-order chi connectivity index (χ0) is 14.3. The van der Waals surface area contributed by atoms with Gasteiger partial charge in [0.15, 0.2) is 0 Å². The number of rotatable bonds is 1. The number of fused-ring (bicyclic) bond motifs is 1. The third-order valence-corrected chi connectivity index (χ3v) is 3.28. The predicted molar refractivity (Wildman–Crippen MR) is 77.8 cm³/mol. The van der Waals surface area contributed by atoms with E-state index in [-0.39, 0.29) is 11.0 Å². The first-order valence-electron chi connectivity index (χ1n) is 5.99. The minimum absolute atomic E-state index is 0.229. The van der Waals surface area contributed by atoms with Crippen LogP contribution in [-0.4, -0.2) is 4.57 Å². The van der Waals surface area contributed by atoms with Gasteiger partial charge in [0.25, 0.3) is 5.56 Å². The van der Waals surface area contributed by atoms with Crippen molar-refractivity contribution < 1.29 is 4.42 Å². The van der Waals surface area contributed by atoms with Crippen LogP contribution in [0.15, 0.2) is 56.5 Å². The number of nitrogens with zero attached hydrogens (tertiary/aromatic N) is 1. The van der Waals surface area contributed by atoms with Gasteiger partial charge < -0.3 is 4.42 Å². The molecule has 0 atom stereocenters. The lowest BCUT2D eigenvalue weighted by Crippen LogP contribution is -2.30. The second-order valence-corrected chi connectivity index (χ2v) is 4.92. The summed E-state index contributed by atoms with van der Waals surface area (Å²) in [7, 11) is 0. The third-order valence-electron chi connectivity index (χ3n) is 3.05. The lowest BCUT2D eigenvalue weighted by Gasteiger charge is -2.05. The number of aryl methyl sites for hydroxylation is 1. The Balaban J connectivity index is 2.39. The molecule has 0 unspecified atom stereocenters. The topological polar surface area (TPSA) is 52.2 Å². The highest BCUT2D eigenvalue weighted by molar-refractivity contribution is 6.31. The Kier molecular flexibility index (Phi) is 2.95. The average Bonchev–Trinajstić information content (AvgIpc) is 2.42. The lowest BCUT2D eigenvalue weighted by molar-refractivity contribution is 0.504. The molecule has 0 saturated heterocycles. The SMILES string of the molecule is Cc1ccc(-n2c(=O)oc3ccc(Cl)cc3c2=O)cc1. The predicted octanol–water partition coefficient (Wildman–Crippen LogP) is 2.91. The Labute approximate surface area is 118 Å². The summed E-state index contributed by atoms with van der Waals surface area (Å²) in [5, 5.41) is 0.691. The summed E-state index contributed by atoms with van der Waals surface area (Å²) >= 11 is 5.88. The maximum atomic E-state index is 12.4. The fraction of sp³-hybridized carbons (Fsp3) is 0.0667. The molecule has 100 valence electrons. The minimum Gasteiger partial charge on any atom is -0.409 e. The van der Waals surface area contributed by atoms with Gasteiger partial charge in [-0.3, -0.25) is 4.79 Å². The van der Waals surface area contributed by atoms with E-state index in [1.807, 2.05) is 19.1 Å². The summed E-state index contributed by atoms with van der Waals surface area (Å²) in [5.74, 6) is -0.714. The van der Waals surface area contributed by atoms with E-state index in [9.17, 15) is 9.59 Å². The second-order valence-electron chi connectivity index (χ2n) is 4.48. The van der Waals surface area contributed by atoms with E-state index in [2.05, 4.69) is 0 Å². The summed E-state index contributed by atoms with van der Waals surface area (Å²) in [5.41, 5.74) is 1.29. The van der Waals surface area contributed by atoms with Crippen molar-refractivity contribution in [2.24, 2.45) is 0 Å². The summed E-state index contributed by atoms with van der Waals surface area (Å²) in [6.45, 7) is 1.93. The molecule has 20 heavy (non-hydrogen) atoms. The van der Waals surface area contributed by atoms with Crippen molar-refractivity contribution in [2.75, 3.05) is 0 Å². The van der Waals surface area contributed by atoms with Crippen molar-refractivity contribution in [2.45, 2.75) is 6.92 Å². The molecule has 0 aliphatic rings. The molecule has 4 nitrogen and oxygen atoms in total. The van der Waals surface area contributed by atoms with Crippen LogP contribution in [0.5, 0.6) is 0 Å². The van der Waals surface area contributed by atoms with Crippen molar-refractivity contribution in [1.82, 2.24) is 4.57 Å². The fourth-order valence-electron chi connectivity index (χ4n) is 2.02. The van der Waals surface area contributed by atoms with Gasteiger partial charge in [-0.05, 0) is 37.3 Å². The molecule has 0 amide bonds. The molecule has 3 rings (SSSR count). The van der Waals surface area contributed by atoms with Gasteiger partial charge in [-0.25, -0.2) is 9.36 Å². The molecule has 0 fully saturated rings. The van der Waals surface area contributed by atoms with Crippen LogP contribution in [0.1, 0.15) is 5.56 Å². The van der Waals surface area contributed by atoms with E-state index in [1.165, 1.54) is 12.1 Å². The zero-order valence-corrected chi connectivity index (χ0v) is 11.3. The van der Waals surface area contributed by atoms with E-state index >= 15 is 0 Å². The van der Waals surface area contributed by atoms with Crippen LogP contribution in [0.25, 0.3) is 16.7 Å². The highest BCUT2D eigenvalue weighted by Gasteiger charge is 2.11. The van der Waals surface area contributed by atoms with Gasteiger partial charge in [0.1, 0.15) is 5.58 Å². The fourth-order valence-corrected chi connectivity index (χ4v) is 2.19. The van der Waals surface area contributed by atoms with Crippen LogP contribution in [-0.2, 0) is 0 Å². The molecule has 5 heteroatoms. The number of benzene rings is 2. The van der Waals surface area contributed by atoms with E-state index in [0.717, 1.165) is 10.1 Å². The molecule has 2 aromatic carbocycles. The third kappa shape index (κ3) is 2.04. The molecule has 3 aromatic rings. The maximum Gasteiger partial charge on any atom is 0.426 e. The Hall–Kier alpha value is -2.33. The second kappa shape index (κ2) is 4.65. The molecule has 0 radical (unpaired) electrons. The van der Waals surface area contributed by atoms with Gasteiger partial charge in [0, 0.05) is 5.02 Å². The molecule has 1 aromatic heterocycles. The molecule has 1 heterocycles. The monoisotopic (exact) mass is 287 g/mol. The van der Waals surface area contributed by atoms with E-state index in [4.69, 9.17) is 16.0 Å². The molecule has 0 spiro atoms. The van der Waals surface area contributed by atoms with E-state index < -0.39 is 11.3 Å². The van der Waals surface area contributed by atoms with Crippen LogP contribution in [0.3, 0.4) is 0 Å². The van der Waals surface area contributed by atoms with Crippen molar-refractivity contribution in [3.8, 4) is 5.69 Å². The van der Waals surface area contributed by atoms with Gasteiger partial charge in [-0.2, -0.15) is 0 Å². The van der Waals surface area contributed by atoms with E-state index in [0.29, 0.717) is 10.7 Å². The van der Waals surface area contributed by atoms with Crippen LogP contribution < -0.4 is 11.3 Å². The molecular formula is C15H10ClNO3. The first kappa shape index (κ1) is 12.7. The minimum atomic E-state index is -0.714. The van der Waals surface area contributed by atoms with Crippen LogP contribution in [0, 0.1) is 6.92 Å². The van der Waals surface area contributed by atoms with Crippen molar-refractivity contribution in [1.29, 1.82) is 0 Å². The number of hydrogen-bond acceptors (Lipinski definition) is 3. The summed E-state index contributed by atoms with van der Waals surface area (Å²) < 4.78 is 6.16. The van der Waals surface area contributed by atoms with Crippen LogP contribution >= 0.6 is 11.6 Å². The normalized spacial score (nSPS) is 10.9. The molecule has 0 bridgehead atoms. The van der Waals surface area contributed by atoms with Crippen LogP contribution in [0.2, 0.25) is 5.02 Å². The Bertz CT molecular complexity index is 907. The highest BCUT2D eigenvalue weighted by Crippen LogP contribution is 2.15. The average molecular weight is 288 g/mol. The lowest BCUT2D eigenvalue weighted by atomic mass is 10.2. The number of aromatic nitrogens is 1. The van der Waals surface area contributed by atoms with E-state index in [1.54, 1.807) is 18.2 Å². The number of halogens is 1. The summed E-state index contributed by atoms with van der Waals surface area (Å²) in [6.07, 6.45) is 0. The Morgan fingerprint density at radius 3 is 2.45 bits per heavy atom. The Morgan fingerprint density at radius 1 is 1.05 bits per heavy atom. The van der Waals surface area contributed by atoms with Gasteiger partial charge in [-0.15, -0.1) is 0 Å². The molecule has 0 aliphatic heterocycles. The molecular weight excluding hydrogens is 278 g/mol. The number of hydrogen-bond donors (Lipinski definition) is 0. The van der Waals surface area contributed by atoms with Crippen LogP contribution in [0.4, 0.5) is 0 Å². The largest absolute Gasteiger partial charge is 0.426 e. The van der Waals surface area contributed by atoms with Crippen molar-refractivity contribution in [3.63, 3.8) is 0 Å². The Morgan fingerprint density at radius 2 is 1.75 bits per heavy atom. The first-order valence-corrected chi connectivity index (χ1v) is 6.36. The zero-order valence-electron chi connectivity index (χ0n) is 10.6. The van der Waals surface area contributed by atoms with Gasteiger partial charge in [-0.1, -0.05) is 29.3 Å². The smallest absolute Gasteiger partial charge is 0.409 e. The van der Waals surface area contributed by atoms with Gasteiger partial charge in [0.05, 0.1) is 11.1 Å². The summed E-state index contributed by atoms with van der Waals surface area (Å²) in [4.78, 5) is 24.4. The van der Waals surface area contributed by atoms with Crippen molar-refractivity contribution in [3.05, 3.63) is 74.0 Å². The quantitative estimate of drug-likeness (QED) is 0.691. The highest BCUT2D eigenvalue weighted by atomic mass is 35.5. The van der Waals surface area contributed by atoms with Crippen molar-refractivity contribution >= 4 is 22.6 Å². The first-order chi connectivity index (χ1) is 9.56. The summed E-state index contributed by atoms with van der Waals surface area (Å²) in [6, 6.07) is 11.6. The van der Waals surface area contributed by atoms with Gasteiger partial charge >= 0.3 is 5.76 Å². The standard InChI is InChI=1S/C15H10ClNO3/c1-9-2-5-11(6-3-9)17-14(18)12-8-10(16)4-7-13(12)20-15(17)19/h2-8H,1H3.